The summed E-state index contributed by atoms with van der Waals surface area (Å²) in [7, 11) is 3.88. The highest BCUT2D eigenvalue weighted by atomic mass is 16.3. The molecule has 0 saturated heterocycles. The Balaban J connectivity index is 2.55. The molecule has 0 amide bonds. The minimum atomic E-state index is 0.256. The van der Waals surface area contributed by atoms with E-state index in [9.17, 15) is 5.11 Å². The third kappa shape index (κ3) is 1.98. The number of rotatable bonds is 2. The molecule has 2 aromatic rings. The standard InChI is InChI=1S/C13H13N2O/c1-15(2)13-12(7-4-8-14-13)10-5-3-6-11(16)9-10/h3,5-9,16H,1-2H3. The smallest absolute Gasteiger partial charge is 0.135 e. The van der Waals surface area contributed by atoms with Crippen LogP contribution in [0.15, 0.2) is 36.5 Å². The number of hydrogen-bond donors (Lipinski definition) is 1. The first-order valence-electron chi connectivity index (χ1n) is 5.01. The number of phenols is 1. The molecule has 0 fully saturated rings. The predicted molar refractivity (Wildman–Crippen MR) is 64.5 cm³/mol. The Bertz CT molecular complexity index is 495. The van der Waals surface area contributed by atoms with Crippen LogP contribution in [0.2, 0.25) is 0 Å². The van der Waals surface area contributed by atoms with Crippen molar-refractivity contribution >= 4 is 5.82 Å². The zero-order valence-corrected chi connectivity index (χ0v) is 9.31. The second-order valence-electron chi connectivity index (χ2n) is 3.75. The Kier molecular flexibility index (Phi) is 2.77. The summed E-state index contributed by atoms with van der Waals surface area (Å²) < 4.78 is 0. The molecule has 0 aliphatic carbocycles. The fourth-order valence-corrected chi connectivity index (χ4v) is 1.60. The fraction of sp³-hybridized carbons (Fsp3) is 0.154. The van der Waals surface area contributed by atoms with Crippen LogP contribution in [0.3, 0.4) is 0 Å². The molecule has 0 atom stereocenters. The van der Waals surface area contributed by atoms with E-state index in [0.29, 0.717) is 0 Å². The average Bonchev–Trinajstić information content (AvgIpc) is 2.29. The summed E-state index contributed by atoms with van der Waals surface area (Å²) in [6.07, 6.45) is 1.64. The van der Waals surface area contributed by atoms with Gasteiger partial charge in [0, 0.05) is 31.9 Å². The van der Waals surface area contributed by atoms with Crippen LogP contribution in [0, 0.1) is 6.07 Å². The van der Waals surface area contributed by atoms with Gasteiger partial charge in [0.15, 0.2) is 0 Å². The van der Waals surface area contributed by atoms with Gasteiger partial charge in [0.05, 0.1) is 0 Å². The highest BCUT2D eigenvalue weighted by molar-refractivity contribution is 5.76. The summed E-state index contributed by atoms with van der Waals surface area (Å²) >= 11 is 0. The second kappa shape index (κ2) is 4.23. The quantitative estimate of drug-likeness (QED) is 0.831. The summed E-state index contributed by atoms with van der Waals surface area (Å²) in [6.45, 7) is 0. The van der Waals surface area contributed by atoms with Crippen molar-refractivity contribution in [2.24, 2.45) is 0 Å². The lowest BCUT2D eigenvalue weighted by Gasteiger charge is -2.15. The van der Waals surface area contributed by atoms with Gasteiger partial charge < -0.3 is 10.0 Å². The first-order chi connectivity index (χ1) is 7.68. The van der Waals surface area contributed by atoms with E-state index in [-0.39, 0.29) is 5.75 Å². The van der Waals surface area contributed by atoms with Gasteiger partial charge in [0.1, 0.15) is 11.6 Å². The van der Waals surface area contributed by atoms with Gasteiger partial charge in [0.25, 0.3) is 0 Å². The van der Waals surface area contributed by atoms with Crippen molar-refractivity contribution in [3.63, 3.8) is 0 Å². The third-order valence-corrected chi connectivity index (χ3v) is 2.31. The van der Waals surface area contributed by atoms with Crippen LogP contribution in [0.5, 0.6) is 5.75 Å². The monoisotopic (exact) mass is 213 g/mol. The van der Waals surface area contributed by atoms with Crippen LogP contribution in [0.25, 0.3) is 11.1 Å². The summed E-state index contributed by atoms with van der Waals surface area (Å²) in [5, 5.41) is 9.46. The maximum absolute atomic E-state index is 9.46. The lowest BCUT2D eigenvalue weighted by atomic mass is 10.1. The highest BCUT2D eigenvalue weighted by Gasteiger charge is 2.07. The molecule has 81 valence electrons. The maximum Gasteiger partial charge on any atom is 0.135 e. The Morgan fingerprint density at radius 3 is 2.81 bits per heavy atom. The summed E-state index contributed by atoms with van der Waals surface area (Å²) in [6, 6.07) is 12.0. The normalized spacial score (nSPS) is 10.1. The molecule has 1 radical (unpaired) electrons. The van der Waals surface area contributed by atoms with Crippen LogP contribution < -0.4 is 4.90 Å². The number of nitrogens with zero attached hydrogens (tertiary/aromatic N) is 2. The summed E-state index contributed by atoms with van der Waals surface area (Å²) in [4.78, 5) is 6.21. The number of pyridine rings is 1. The van der Waals surface area contributed by atoms with Crippen LogP contribution in [0.1, 0.15) is 0 Å². The molecule has 16 heavy (non-hydrogen) atoms. The second-order valence-corrected chi connectivity index (χ2v) is 3.75. The molecule has 0 aliphatic rings. The third-order valence-electron chi connectivity index (χ3n) is 2.31. The van der Waals surface area contributed by atoms with Crippen LogP contribution in [0.4, 0.5) is 5.82 Å². The van der Waals surface area contributed by atoms with Crippen LogP contribution in [-0.2, 0) is 0 Å². The van der Waals surface area contributed by atoms with E-state index in [0.717, 1.165) is 16.9 Å². The minimum absolute atomic E-state index is 0.256. The predicted octanol–water partition coefficient (Wildman–Crippen LogP) is 2.32. The van der Waals surface area contributed by atoms with Crippen LogP contribution in [-0.4, -0.2) is 24.2 Å². The summed E-state index contributed by atoms with van der Waals surface area (Å²) in [5.74, 6) is 1.12. The molecular formula is C13H13N2O. The topological polar surface area (TPSA) is 36.4 Å². The number of aromatic hydroxyl groups is 1. The lowest BCUT2D eigenvalue weighted by molar-refractivity contribution is 0.475. The SMILES string of the molecule is CN(C)c1nc[c]cc1-c1cccc(O)c1. The number of hydrogen-bond acceptors (Lipinski definition) is 3. The van der Waals surface area contributed by atoms with E-state index in [4.69, 9.17) is 0 Å². The summed E-state index contributed by atoms with van der Waals surface area (Å²) in [5.41, 5.74) is 1.90. The highest BCUT2D eigenvalue weighted by Crippen LogP contribution is 2.29. The van der Waals surface area contributed by atoms with E-state index >= 15 is 0 Å². The van der Waals surface area contributed by atoms with Crippen molar-refractivity contribution < 1.29 is 5.11 Å². The lowest BCUT2D eigenvalue weighted by Crippen LogP contribution is -2.11. The molecule has 1 N–H and O–H groups in total. The zero-order chi connectivity index (χ0) is 11.5. The minimum Gasteiger partial charge on any atom is -0.508 e. The molecule has 1 heterocycles. The number of benzene rings is 1. The van der Waals surface area contributed by atoms with Crippen LogP contribution >= 0.6 is 0 Å². The molecule has 0 unspecified atom stereocenters. The molecule has 0 aliphatic heterocycles. The molecule has 3 nitrogen and oxygen atoms in total. The van der Waals surface area contributed by atoms with Crippen molar-refractivity contribution in [2.45, 2.75) is 0 Å². The molecule has 2 rings (SSSR count). The molecule has 0 bridgehead atoms. The van der Waals surface area contributed by atoms with Gasteiger partial charge in [-0.05, 0) is 23.8 Å². The fourth-order valence-electron chi connectivity index (χ4n) is 1.60. The molecule has 0 saturated carbocycles. The van der Waals surface area contributed by atoms with Gasteiger partial charge in [-0.1, -0.05) is 12.1 Å². The van der Waals surface area contributed by atoms with Crippen molar-refractivity contribution in [3.05, 3.63) is 42.6 Å². The molecule has 1 aromatic carbocycles. The van der Waals surface area contributed by atoms with E-state index in [1.54, 1.807) is 18.3 Å². The van der Waals surface area contributed by atoms with Gasteiger partial charge in [-0.25, -0.2) is 4.98 Å². The average molecular weight is 213 g/mol. The largest absolute Gasteiger partial charge is 0.508 e. The van der Waals surface area contributed by atoms with Gasteiger partial charge in [0.2, 0.25) is 0 Å². The maximum atomic E-state index is 9.46. The van der Waals surface area contributed by atoms with Crippen molar-refractivity contribution in [1.82, 2.24) is 4.98 Å². The first-order valence-corrected chi connectivity index (χ1v) is 5.01. The van der Waals surface area contributed by atoms with Gasteiger partial charge in [-0.2, -0.15) is 0 Å². The number of phenolic OH excluding ortho intramolecular Hbond substituents is 1. The van der Waals surface area contributed by atoms with Gasteiger partial charge in [-0.3, -0.25) is 0 Å². The zero-order valence-electron chi connectivity index (χ0n) is 9.31. The Labute approximate surface area is 95.0 Å². The van der Waals surface area contributed by atoms with E-state index < -0.39 is 0 Å². The van der Waals surface area contributed by atoms with Crippen molar-refractivity contribution in [2.75, 3.05) is 19.0 Å². The Hall–Kier alpha value is -2.03. The van der Waals surface area contributed by atoms with E-state index in [1.807, 2.05) is 37.2 Å². The Morgan fingerprint density at radius 1 is 1.31 bits per heavy atom. The molecule has 3 heteroatoms. The Morgan fingerprint density at radius 2 is 2.12 bits per heavy atom. The van der Waals surface area contributed by atoms with Gasteiger partial charge in [-0.15, -0.1) is 0 Å². The first kappa shape index (κ1) is 10.5. The van der Waals surface area contributed by atoms with E-state index in [1.165, 1.54) is 0 Å². The van der Waals surface area contributed by atoms with E-state index in [2.05, 4.69) is 11.1 Å². The number of anilines is 1. The van der Waals surface area contributed by atoms with Gasteiger partial charge >= 0.3 is 0 Å². The van der Waals surface area contributed by atoms with Crippen molar-refractivity contribution in [3.8, 4) is 16.9 Å². The number of aromatic nitrogens is 1. The molecule has 0 spiro atoms. The molecule has 1 aromatic heterocycles. The molecular weight excluding hydrogens is 200 g/mol. The van der Waals surface area contributed by atoms with Crippen molar-refractivity contribution in [1.29, 1.82) is 0 Å².